The molecule has 1 fully saturated rings. The Bertz CT molecular complexity index is 496. The van der Waals surface area contributed by atoms with Crippen molar-refractivity contribution in [1.82, 2.24) is 5.32 Å². The van der Waals surface area contributed by atoms with Crippen molar-refractivity contribution in [3.63, 3.8) is 0 Å². The topological polar surface area (TPSA) is 58.6 Å². The van der Waals surface area contributed by atoms with Crippen molar-refractivity contribution in [2.24, 2.45) is 5.92 Å². The molecule has 0 aromatic carbocycles. The number of hydrogen-bond donors (Lipinski definition) is 2. The summed E-state index contributed by atoms with van der Waals surface area (Å²) < 4.78 is 5.43. The molecule has 1 unspecified atom stereocenters. The van der Waals surface area contributed by atoms with Crippen LogP contribution < -0.4 is 5.32 Å². The molecule has 0 radical (unpaired) electrons. The molecule has 1 saturated carbocycles. The zero-order valence-corrected chi connectivity index (χ0v) is 13.1. The van der Waals surface area contributed by atoms with E-state index in [-0.39, 0.29) is 12.5 Å². The molecule has 2 aliphatic carbocycles. The zero-order chi connectivity index (χ0) is 14.7. The summed E-state index contributed by atoms with van der Waals surface area (Å²) in [6.45, 7) is 1.30. The van der Waals surface area contributed by atoms with Crippen LogP contribution in [0.4, 0.5) is 0 Å². The van der Waals surface area contributed by atoms with Gasteiger partial charge < -0.3 is 15.2 Å². The van der Waals surface area contributed by atoms with E-state index < -0.39 is 6.10 Å². The van der Waals surface area contributed by atoms with Gasteiger partial charge in [-0.15, -0.1) is 11.3 Å². The highest BCUT2D eigenvalue weighted by Crippen LogP contribution is 2.30. The number of hydrogen-bond acceptors (Lipinski definition) is 4. The van der Waals surface area contributed by atoms with E-state index in [1.165, 1.54) is 36.1 Å². The molecule has 5 heteroatoms. The van der Waals surface area contributed by atoms with E-state index in [9.17, 15) is 9.90 Å². The van der Waals surface area contributed by atoms with Crippen molar-refractivity contribution in [3.8, 4) is 0 Å². The van der Waals surface area contributed by atoms with Gasteiger partial charge >= 0.3 is 0 Å². The summed E-state index contributed by atoms with van der Waals surface area (Å²) in [6, 6.07) is 0. The molecule has 1 aromatic heterocycles. The third-order valence-electron chi connectivity index (χ3n) is 4.16. The number of aryl methyl sites for hydroxylation is 1. The van der Waals surface area contributed by atoms with Crippen LogP contribution in [0.3, 0.4) is 0 Å². The summed E-state index contributed by atoms with van der Waals surface area (Å²) in [7, 11) is 0. The maximum Gasteiger partial charge on any atom is 0.252 e. The second-order valence-electron chi connectivity index (χ2n) is 6.10. The number of thiophene rings is 1. The standard InChI is InChI=1S/C16H23NO3S/c18-12(9-20-8-11-5-6-11)7-17-16(19)14-10-21-15-4-2-1-3-13(14)15/h10-12,18H,1-9H2,(H,17,19). The van der Waals surface area contributed by atoms with Crippen molar-refractivity contribution in [3.05, 3.63) is 21.4 Å². The monoisotopic (exact) mass is 309 g/mol. The highest BCUT2D eigenvalue weighted by Gasteiger charge is 2.22. The molecule has 1 atom stereocenters. The molecule has 0 spiro atoms. The molecule has 3 rings (SSSR count). The van der Waals surface area contributed by atoms with Crippen LogP contribution in [-0.4, -0.2) is 36.9 Å². The molecular formula is C16H23NO3S. The number of aliphatic hydroxyl groups excluding tert-OH is 1. The zero-order valence-electron chi connectivity index (χ0n) is 12.3. The Kier molecular flexibility index (Phi) is 4.93. The van der Waals surface area contributed by atoms with Crippen LogP contribution in [-0.2, 0) is 17.6 Å². The molecule has 0 saturated heterocycles. The number of rotatable bonds is 7. The van der Waals surface area contributed by atoms with Gasteiger partial charge in [-0.2, -0.15) is 0 Å². The van der Waals surface area contributed by atoms with Gasteiger partial charge in [0.15, 0.2) is 0 Å². The fourth-order valence-electron chi connectivity index (χ4n) is 2.70. The van der Waals surface area contributed by atoms with E-state index in [2.05, 4.69) is 5.32 Å². The fraction of sp³-hybridized carbons (Fsp3) is 0.688. The van der Waals surface area contributed by atoms with E-state index in [1.807, 2.05) is 5.38 Å². The molecule has 0 aliphatic heterocycles. The first-order valence-corrected chi connectivity index (χ1v) is 8.75. The summed E-state index contributed by atoms with van der Waals surface area (Å²) in [6.07, 6.45) is 6.38. The van der Waals surface area contributed by atoms with E-state index in [0.29, 0.717) is 12.5 Å². The molecule has 0 bridgehead atoms. The molecule has 2 aliphatic rings. The van der Waals surface area contributed by atoms with Crippen LogP contribution in [0.5, 0.6) is 0 Å². The predicted molar refractivity (Wildman–Crippen MR) is 82.8 cm³/mol. The third kappa shape index (κ3) is 4.05. The third-order valence-corrected chi connectivity index (χ3v) is 5.25. The molecule has 4 nitrogen and oxygen atoms in total. The minimum absolute atomic E-state index is 0.0596. The van der Waals surface area contributed by atoms with E-state index >= 15 is 0 Å². The highest BCUT2D eigenvalue weighted by molar-refractivity contribution is 7.10. The number of aliphatic hydroxyl groups is 1. The van der Waals surface area contributed by atoms with Gasteiger partial charge in [0, 0.05) is 23.4 Å². The quantitative estimate of drug-likeness (QED) is 0.811. The molecule has 116 valence electrons. The van der Waals surface area contributed by atoms with Crippen LogP contribution >= 0.6 is 11.3 Å². The van der Waals surface area contributed by atoms with Gasteiger partial charge in [0.05, 0.1) is 18.3 Å². The Hall–Kier alpha value is -0.910. The second-order valence-corrected chi connectivity index (χ2v) is 7.07. The highest BCUT2D eigenvalue weighted by atomic mass is 32.1. The van der Waals surface area contributed by atoms with Crippen molar-refractivity contribution < 1.29 is 14.6 Å². The van der Waals surface area contributed by atoms with E-state index in [0.717, 1.165) is 25.0 Å². The molecule has 1 amide bonds. The predicted octanol–water partition coefficient (Wildman–Crippen LogP) is 2.14. The lowest BCUT2D eigenvalue weighted by molar-refractivity contribution is 0.0320. The molecular weight excluding hydrogens is 286 g/mol. The first-order valence-electron chi connectivity index (χ1n) is 7.87. The number of carbonyl (C=O) groups is 1. The number of carbonyl (C=O) groups excluding carboxylic acids is 1. The lowest BCUT2D eigenvalue weighted by Gasteiger charge is -2.14. The summed E-state index contributed by atoms with van der Waals surface area (Å²) in [4.78, 5) is 13.6. The Morgan fingerprint density at radius 2 is 2.24 bits per heavy atom. The summed E-state index contributed by atoms with van der Waals surface area (Å²) in [5.74, 6) is 0.639. The Labute approximate surface area is 129 Å². The van der Waals surface area contributed by atoms with Gasteiger partial charge in [0.1, 0.15) is 0 Å². The van der Waals surface area contributed by atoms with Gasteiger partial charge in [-0.3, -0.25) is 4.79 Å². The summed E-state index contributed by atoms with van der Waals surface area (Å²) >= 11 is 1.69. The average molecular weight is 309 g/mol. The summed E-state index contributed by atoms with van der Waals surface area (Å²) in [5.41, 5.74) is 2.03. The van der Waals surface area contributed by atoms with Gasteiger partial charge in [-0.1, -0.05) is 0 Å². The number of nitrogens with one attached hydrogen (secondary N) is 1. The van der Waals surface area contributed by atoms with Gasteiger partial charge in [-0.05, 0) is 50.0 Å². The van der Waals surface area contributed by atoms with Crippen molar-refractivity contribution in [2.75, 3.05) is 19.8 Å². The van der Waals surface area contributed by atoms with Crippen LogP contribution in [0.15, 0.2) is 5.38 Å². The number of amides is 1. The van der Waals surface area contributed by atoms with Crippen LogP contribution in [0.1, 0.15) is 46.5 Å². The Morgan fingerprint density at radius 1 is 1.43 bits per heavy atom. The number of fused-ring (bicyclic) bond motifs is 1. The molecule has 1 heterocycles. The Balaban J connectivity index is 1.43. The normalized spacial score (nSPS) is 19.1. The minimum atomic E-state index is -0.623. The molecule has 1 aromatic rings. The van der Waals surface area contributed by atoms with Gasteiger partial charge in [0.25, 0.3) is 5.91 Å². The SMILES string of the molecule is O=C(NCC(O)COCC1CC1)c1csc2c1CCCC2. The van der Waals surface area contributed by atoms with Crippen LogP contribution in [0.2, 0.25) is 0 Å². The average Bonchev–Trinajstić information content (AvgIpc) is 3.21. The second kappa shape index (κ2) is 6.90. The lowest BCUT2D eigenvalue weighted by atomic mass is 9.95. The molecule has 21 heavy (non-hydrogen) atoms. The Morgan fingerprint density at radius 3 is 3.05 bits per heavy atom. The van der Waals surface area contributed by atoms with Crippen LogP contribution in [0, 0.1) is 5.92 Å². The largest absolute Gasteiger partial charge is 0.389 e. The van der Waals surface area contributed by atoms with E-state index in [4.69, 9.17) is 4.74 Å². The molecule has 2 N–H and O–H groups in total. The maximum absolute atomic E-state index is 12.2. The summed E-state index contributed by atoms with van der Waals surface area (Å²) in [5, 5.41) is 14.6. The van der Waals surface area contributed by atoms with Crippen LogP contribution in [0.25, 0.3) is 0 Å². The number of ether oxygens (including phenoxy) is 1. The van der Waals surface area contributed by atoms with Gasteiger partial charge in [-0.25, -0.2) is 0 Å². The minimum Gasteiger partial charge on any atom is -0.389 e. The fourth-order valence-corrected chi connectivity index (χ4v) is 3.83. The van der Waals surface area contributed by atoms with Crippen molar-refractivity contribution >= 4 is 17.2 Å². The van der Waals surface area contributed by atoms with Crippen molar-refractivity contribution in [2.45, 2.75) is 44.6 Å². The first-order chi connectivity index (χ1) is 10.2. The first kappa shape index (κ1) is 15.0. The smallest absolute Gasteiger partial charge is 0.252 e. The maximum atomic E-state index is 12.2. The van der Waals surface area contributed by atoms with E-state index in [1.54, 1.807) is 11.3 Å². The van der Waals surface area contributed by atoms with Crippen molar-refractivity contribution in [1.29, 1.82) is 0 Å². The van der Waals surface area contributed by atoms with Gasteiger partial charge in [0.2, 0.25) is 0 Å². The lowest BCUT2D eigenvalue weighted by Crippen LogP contribution is -2.35.